The van der Waals surface area contributed by atoms with Crippen LogP contribution in [0.4, 0.5) is 0 Å². The van der Waals surface area contributed by atoms with Crippen molar-refractivity contribution in [2.45, 2.75) is 90.8 Å². The molecule has 4 aliphatic carbocycles. The van der Waals surface area contributed by atoms with Gasteiger partial charge in [-0.25, -0.2) is 0 Å². The van der Waals surface area contributed by atoms with E-state index in [2.05, 4.69) is 13.8 Å². The number of ether oxygens (including phenoxy) is 1. The highest BCUT2D eigenvalue weighted by Gasteiger charge is 2.62. The summed E-state index contributed by atoms with van der Waals surface area (Å²) in [6.07, 6.45) is 10.8. The molecule has 4 fully saturated rings. The minimum Gasteiger partial charge on any atom is -0.460 e. The van der Waals surface area contributed by atoms with Crippen LogP contribution in [0.2, 0.25) is 0 Å². The highest BCUT2D eigenvalue weighted by molar-refractivity contribution is 5.66. The third-order valence-electron chi connectivity index (χ3n) is 8.85. The quantitative estimate of drug-likeness (QED) is 0.726. The van der Waals surface area contributed by atoms with Crippen LogP contribution in [0.25, 0.3) is 0 Å². The second-order valence-corrected chi connectivity index (χ2v) is 9.78. The summed E-state index contributed by atoms with van der Waals surface area (Å²) >= 11 is 0. The van der Waals surface area contributed by atoms with Crippen molar-refractivity contribution in [3.05, 3.63) is 0 Å². The first-order valence-corrected chi connectivity index (χ1v) is 10.2. The van der Waals surface area contributed by atoms with Crippen molar-refractivity contribution in [3.63, 3.8) is 0 Å². The van der Waals surface area contributed by atoms with Gasteiger partial charge in [-0.1, -0.05) is 26.7 Å². The standard InChI is InChI=1S/C21H34O3/c1-13(22)24-18-12-17-15-8-7-14-6-4-5-10-20(14,2)16(15)9-11-21(17,3)19(18)23/h14-19,23H,4-12H2,1-3H3/t14-,15-,16+,17+,18+,19+,20+,21+/m1/s1. The van der Waals surface area contributed by atoms with Gasteiger partial charge in [0.1, 0.15) is 6.10 Å². The van der Waals surface area contributed by atoms with Crippen LogP contribution in [-0.4, -0.2) is 23.3 Å². The number of carbonyl (C=O) groups excluding carboxylic acids is 1. The van der Waals surface area contributed by atoms with Gasteiger partial charge in [-0.15, -0.1) is 0 Å². The van der Waals surface area contributed by atoms with E-state index >= 15 is 0 Å². The molecule has 0 aromatic carbocycles. The summed E-state index contributed by atoms with van der Waals surface area (Å²) in [6, 6.07) is 0. The van der Waals surface area contributed by atoms with Gasteiger partial charge in [0.05, 0.1) is 6.10 Å². The number of esters is 1. The lowest BCUT2D eigenvalue weighted by Gasteiger charge is -2.60. The fraction of sp³-hybridized carbons (Fsp3) is 0.952. The molecule has 0 aromatic rings. The molecule has 1 N–H and O–H groups in total. The summed E-state index contributed by atoms with van der Waals surface area (Å²) in [6.45, 7) is 6.30. The zero-order valence-corrected chi connectivity index (χ0v) is 15.6. The number of hydrogen-bond donors (Lipinski definition) is 1. The minimum absolute atomic E-state index is 0.0564. The van der Waals surface area contributed by atoms with Crippen LogP contribution in [-0.2, 0) is 9.53 Å². The van der Waals surface area contributed by atoms with Gasteiger partial charge in [0.2, 0.25) is 0 Å². The molecule has 3 nitrogen and oxygen atoms in total. The molecule has 0 saturated heterocycles. The zero-order valence-electron chi connectivity index (χ0n) is 15.6. The normalized spacial score (nSPS) is 53.7. The van der Waals surface area contributed by atoms with Crippen LogP contribution in [0.15, 0.2) is 0 Å². The molecular weight excluding hydrogens is 300 g/mol. The first kappa shape index (κ1) is 16.9. The van der Waals surface area contributed by atoms with Crippen LogP contribution >= 0.6 is 0 Å². The number of rotatable bonds is 1. The van der Waals surface area contributed by atoms with Crippen molar-refractivity contribution in [3.8, 4) is 0 Å². The van der Waals surface area contributed by atoms with Crippen LogP contribution in [0.5, 0.6) is 0 Å². The van der Waals surface area contributed by atoms with Crippen molar-refractivity contribution in [2.24, 2.45) is 34.5 Å². The lowest BCUT2D eigenvalue weighted by molar-refractivity contribution is -0.154. The Kier molecular flexibility index (Phi) is 4.02. The minimum atomic E-state index is -0.482. The molecule has 0 aliphatic heterocycles. The molecule has 0 unspecified atom stereocenters. The summed E-state index contributed by atoms with van der Waals surface area (Å²) in [7, 11) is 0. The van der Waals surface area contributed by atoms with E-state index in [4.69, 9.17) is 4.74 Å². The molecule has 0 bridgehead atoms. The summed E-state index contributed by atoms with van der Waals surface area (Å²) in [4.78, 5) is 11.4. The second kappa shape index (κ2) is 5.72. The third-order valence-corrected chi connectivity index (χ3v) is 8.85. The number of carbonyl (C=O) groups is 1. The maximum Gasteiger partial charge on any atom is 0.302 e. The predicted molar refractivity (Wildman–Crippen MR) is 93.3 cm³/mol. The van der Waals surface area contributed by atoms with Crippen LogP contribution in [0.1, 0.15) is 78.6 Å². The van der Waals surface area contributed by atoms with E-state index in [1.165, 1.54) is 51.9 Å². The van der Waals surface area contributed by atoms with Gasteiger partial charge < -0.3 is 9.84 Å². The van der Waals surface area contributed by atoms with Gasteiger partial charge >= 0.3 is 5.97 Å². The van der Waals surface area contributed by atoms with Gasteiger partial charge in [0.25, 0.3) is 0 Å². The molecule has 0 amide bonds. The second-order valence-electron chi connectivity index (χ2n) is 9.78. The van der Waals surface area contributed by atoms with Crippen molar-refractivity contribution in [1.82, 2.24) is 0 Å². The number of fused-ring (bicyclic) bond motifs is 5. The highest BCUT2D eigenvalue weighted by atomic mass is 16.6. The Bertz CT molecular complexity index is 517. The maximum absolute atomic E-state index is 11.4. The van der Waals surface area contributed by atoms with Gasteiger partial charge in [-0.2, -0.15) is 0 Å². The van der Waals surface area contributed by atoms with Gasteiger partial charge in [-0.3, -0.25) is 4.79 Å². The van der Waals surface area contributed by atoms with Gasteiger partial charge in [0, 0.05) is 12.3 Å². The fourth-order valence-corrected chi connectivity index (χ4v) is 7.58. The average molecular weight is 335 g/mol. The summed E-state index contributed by atoms with van der Waals surface area (Å²) in [5, 5.41) is 10.9. The van der Waals surface area contributed by atoms with Gasteiger partial charge in [-0.05, 0) is 74.0 Å². The number of aliphatic hydroxyl groups excluding tert-OH is 1. The highest BCUT2D eigenvalue weighted by Crippen LogP contribution is 2.66. The predicted octanol–water partition coefficient (Wildman–Crippen LogP) is 4.32. The number of hydrogen-bond acceptors (Lipinski definition) is 3. The Morgan fingerprint density at radius 1 is 1.00 bits per heavy atom. The molecule has 3 heteroatoms. The Hall–Kier alpha value is -0.570. The maximum atomic E-state index is 11.4. The molecule has 0 radical (unpaired) electrons. The molecule has 24 heavy (non-hydrogen) atoms. The van der Waals surface area contributed by atoms with E-state index < -0.39 is 6.10 Å². The van der Waals surface area contributed by atoms with Crippen LogP contribution in [0, 0.1) is 34.5 Å². The lowest BCUT2D eigenvalue weighted by atomic mass is 9.45. The monoisotopic (exact) mass is 334 g/mol. The van der Waals surface area contributed by atoms with E-state index in [0.29, 0.717) is 11.3 Å². The molecule has 0 aromatic heterocycles. The molecule has 0 heterocycles. The van der Waals surface area contributed by atoms with Gasteiger partial charge in [0.15, 0.2) is 0 Å². The first-order chi connectivity index (χ1) is 11.4. The molecule has 4 saturated carbocycles. The Morgan fingerprint density at radius 3 is 2.54 bits per heavy atom. The molecule has 4 aliphatic rings. The van der Waals surface area contributed by atoms with E-state index in [0.717, 1.165) is 30.6 Å². The summed E-state index contributed by atoms with van der Waals surface area (Å²) in [5.74, 6) is 2.74. The van der Waals surface area contributed by atoms with Crippen molar-refractivity contribution < 1.29 is 14.6 Å². The Morgan fingerprint density at radius 2 is 1.79 bits per heavy atom. The fourth-order valence-electron chi connectivity index (χ4n) is 7.58. The largest absolute Gasteiger partial charge is 0.460 e. The molecule has 0 spiro atoms. The van der Waals surface area contributed by atoms with E-state index in [9.17, 15) is 9.90 Å². The van der Waals surface area contributed by atoms with E-state index in [-0.39, 0.29) is 17.5 Å². The SMILES string of the molecule is CC(=O)O[C@H]1C[C@H]2[C@@H]3CC[C@H]4CCCC[C@]4(C)[C@H]3CC[C@]2(C)[C@H]1O. The molecule has 4 rings (SSSR count). The summed E-state index contributed by atoms with van der Waals surface area (Å²) in [5.41, 5.74) is 0.464. The average Bonchev–Trinajstić information content (AvgIpc) is 2.78. The van der Waals surface area contributed by atoms with Crippen molar-refractivity contribution in [1.29, 1.82) is 0 Å². The smallest absolute Gasteiger partial charge is 0.302 e. The van der Waals surface area contributed by atoms with E-state index in [1.807, 2.05) is 0 Å². The Balaban J connectivity index is 1.60. The first-order valence-electron chi connectivity index (χ1n) is 10.2. The molecular formula is C21H34O3. The Labute approximate surface area is 146 Å². The van der Waals surface area contributed by atoms with E-state index in [1.54, 1.807) is 0 Å². The molecule has 136 valence electrons. The van der Waals surface area contributed by atoms with Crippen molar-refractivity contribution >= 4 is 5.97 Å². The summed E-state index contributed by atoms with van der Waals surface area (Å²) < 4.78 is 5.50. The topological polar surface area (TPSA) is 46.5 Å². The molecule has 8 atom stereocenters. The number of aliphatic hydroxyl groups is 1. The van der Waals surface area contributed by atoms with Crippen molar-refractivity contribution in [2.75, 3.05) is 0 Å². The lowest BCUT2D eigenvalue weighted by Crippen LogP contribution is -2.53. The third kappa shape index (κ3) is 2.29. The van der Waals surface area contributed by atoms with Crippen LogP contribution < -0.4 is 0 Å². The van der Waals surface area contributed by atoms with Crippen LogP contribution in [0.3, 0.4) is 0 Å². The zero-order chi connectivity index (χ0) is 17.1.